The molecule has 13 heavy (non-hydrogen) atoms. The Morgan fingerprint density at radius 1 is 1.31 bits per heavy atom. The number of fused-ring (bicyclic) bond motifs is 1. The van der Waals surface area contributed by atoms with Crippen LogP contribution < -0.4 is 5.73 Å². The number of rotatable bonds is 0. The van der Waals surface area contributed by atoms with E-state index >= 15 is 0 Å². The van der Waals surface area contributed by atoms with Gasteiger partial charge >= 0.3 is 0 Å². The third kappa shape index (κ3) is 1.80. The number of aromatic nitrogens is 2. The molecule has 0 fully saturated rings. The van der Waals surface area contributed by atoms with Crippen molar-refractivity contribution in [3.8, 4) is 0 Å². The first kappa shape index (κ1) is 9.58. The standard InChI is InChI=1S/C8H9N3.C2H6/c1-11-5-10-7-4-6(9)2-3-8(7)11;1-2/h2-5H,9H2,1H3;1-2H3. The fourth-order valence-corrected chi connectivity index (χ4v) is 1.15. The molecule has 0 aliphatic heterocycles. The second kappa shape index (κ2) is 3.94. The van der Waals surface area contributed by atoms with Crippen LogP contribution in [0.15, 0.2) is 24.5 Å². The van der Waals surface area contributed by atoms with Crippen molar-refractivity contribution in [2.75, 3.05) is 5.73 Å². The zero-order valence-corrected chi connectivity index (χ0v) is 8.28. The average molecular weight is 177 g/mol. The van der Waals surface area contributed by atoms with E-state index in [1.165, 1.54) is 0 Å². The van der Waals surface area contributed by atoms with E-state index in [1.54, 1.807) is 6.33 Å². The van der Waals surface area contributed by atoms with Crippen LogP contribution in [0.5, 0.6) is 0 Å². The highest BCUT2D eigenvalue weighted by molar-refractivity contribution is 5.78. The van der Waals surface area contributed by atoms with Gasteiger partial charge in [0.05, 0.1) is 17.4 Å². The number of anilines is 1. The molecule has 0 aliphatic carbocycles. The lowest BCUT2D eigenvalue weighted by atomic mass is 10.3. The predicted molar refractivity (Wildman–Crippen MR) is 56.5 cm³/mol. The van der Waals surface area contributed by atoms with Crippen LogP contribution in [0.2, 0.25) is 0 Å². The summed E-state index contributed by atoms with van der Waals surface area (Å²) >= 11 is 0. The number of nitrogens with zero attached hydrogens (tertiary/aromatic N) is 2. The lowest BCUT2D eigenvalue weighted by Gasteiger charge is -1.94. The lowest BCUT2D eigenvalue weighted by molar-refractivity contribution is 0.948. The van der Waals surface area contributed by atoms with Gasteiger partial charge in [-0.1, -0.05) is 13.8 Å². The quantitative estimate of drug-likeness (QED) is 0.627. The van der Waals surface area contributed by atoms with Crippen LogP contribution in [0.25, 0.3) is 11.0 Å². The van der Waals surface area contributed by atoms with E-state index in [2.05, 4.69) is 4.98 Å². The van der Waals surface area contributed by atoms with Crippen molar-refractivity contribution in [3.63, 3.8) is 0 Å². The molecule has 70 valence electrons. The minimum absolute atomic E-state index is 0.760. The van der Waals surface area contributed by atoms with Crippen LogP contribution in [0.4, 0.5) is 5.69 Å². The molecular formula is C10H15N3. The first-order valence-electron chi connectivity index (χ1n) is 4.44. The van der Waals surface area contributed by atoms with Gasteiger partial charge in [-0.2, -0.15) is 0 Å². The number of hydrogen-bond acceptors (Lipinski definition) is 2. The molecule has 3 heteroatoms. The molecule has 0 saturated carbocycles. The SMILES string of the molecule is CC.Cn1cnc2cc(N)ccc21. The summed E-state index contributed by atoms with van der Waals surface area (Å²) in [6, 6.07) is 5.72. The molecule has 0 unspecified atom stereocenters. The van der Waals surface area contributed by atoms with Crippen LogP contribution >= 0.6 is 0 Å². The topological polar surface area (TPSA) is 43.8 Å². The number of aryl methyl sites for hydroxylation is 1. The predicted octanol–water partition coefficient (Wildman–Crippen LogP) is 2.18. The Kier molecular flexibility index (Phi) is 2.90. The Bertz CT molecular complexity index is 390. The van der Waals surface area contributed by atoms with Crippen molar-refractivity contribution in [3.05, 3.63) is 24.5 Å². The van der Waals surface area contributed by atoms with E-state index in [-0.39, 0.29) is 0 Å². The van der Waals surface area contributed by atoms with Gasteiger partial charge in [-0.25, -0.2) is 4.98 Å². The van der Waals surface area contributed by atoms with Crippen LogP contribution in [-0.4, -0.2) is 9.55 Å². The molecule has 2 N–H and O–H groups in total. The van der Waals surface area contributed by atoms with Crippen molar-refractivity contribution in [2.24, 2.45) is 7.05 Å². The minimum Gasteiger partial charge on any atom is -0.399 e. The number of nitrogen functional groups attached to an aromatic ring is 1. The van der Waals surface area contributed by atoms with E-state index in [9.17, 15) is 0 Å². The summed E-state index contributed by atoms with van der Waals surface area (Å²) in [7, 11) is 1.96. The maximum absolute atomic E-state index is 5.58. The van der Waals surface area contributed by atoms with Gasteiger partial charge in [0.15, 0.2) is 0 Å². The van der Waals surface area contributed by atoms with Gasteiger partial charge in [-0.05, 0) is 18.2 Å². The second-order valence-electron chi connectivity index (χ2n) is 2.60. The molecule has 0 radical (unpaired) electrons. The van der Waals surface area contributed by atoms with E-state index < -0.39 is 0 Å². The summed E-state index contributed by atoms with van der Waals surface area (Å²) in [5.74, 6) is 0. The number of benzene rings is 1. The Morgan fingerprint density at radius 2 is 2.00 bits per heavy atom. The minimum atomic E-state index is 0.760. The van der Waals surface area contributed by atoms with Gasteiger partial charge in [0.25, 0.3) is 0 Å². The van der Waals surface area contributed by atoms with Gasteiger partial charge in [0, 0.05) is 12.7 Å². The molecule has 0 amide bonds. The first-order chi connectivity index (χ1) is 6.27. The highest BCUT2D eigenvalue weighted by atomic mass is 15.0. The molecule has 1 aromatic carbocycles. The lowest BCUT2D eigenvalue weighted by Crippen LogP contribution is -1.85. The van der Waals surface area contributed by atoms with E-state index in [0.717, 1.165) is 16.7 Å². The van der Waals surface area contributed by atoms with Gasteiger partial charge < -0.3 is 10.3 Å². The largest absolute Gasteiger partial charge is 0.399 e. The zero-order valence-electron chi connectivity index (χ0n) is 8.28. The molecule has 0 bridgehead atoms. The van der Waals surface area contributed by atoms with Gasteiger partial charge in [-0.15, -0.1) is 0 Å². The Balaban J connectivity index is 0.000000396. The summed E-state index contributed by atoms with van der Waals surface area (Å²) in [6.45, 7) is 4.00. The maximum Gasteiger partial charge on any atom is 0.0955 e. The fourth-order valence-electron chi connectivity index (χ4n) is 1.15. The molecule has 2 rings (SSSR count). The third-order valence-corrected chi connectivity index (χ3v) is 1.75. The Hall–Kier alpha value is -1.51. The summed E-state index contributed by atoms with van der Waals surface area (Å²) in [5.41, 5.74) is 8.41. The normalized spacial score (nSPS) is 9.46. The fraction of sp³-hybridized carbons (Fsp3) is 0.300. The summed E-state index contributed by atoms with van der Waals surface area (Å²) in [5, 5.41) is 0. The van der Waals surface area contributed by atoms with Crippen molar-refractivity contribution >= 4 is 16.7 Å². The van der Waals surface area contributed by atoms with Crippen molar-refractivity contribution in [2.45, 2.75) is 13.8 Å². The van der Waals surface area contributed by atoms with E-state index in [1.807, 2.05) is 43.7 Å². The van der Waals surface area contributed by atoms with Crippen LogP contribution in [0.3, 0.4) is 0 Å². The number of hydrogen-bond donors (Lipinski definition) is 1. The third-order valence-electron chi connectivity index (χ3n) is 1.75. The van der Waals surface area contributed by atoms with Crippen LogP contribution in [0.1, 0.15) is 13.8 Å². The Morgan fingerprint density at radius 3 is 2.69 bits per heavy atom. The molecule has 0 spiro atoms. The molecule has 0 aliphatic rings. The highest BCUT2D eigenvalue weighted by Crippen LogP contribution is 2.14. The molecule has 1 heterocycles. The molecular weight excluding hydrogens is 162 g/mol. The monoisotopic (exact) mass is 177 g/mol. The van der Waals surface area contributed by atoms with Crippen LogP contribution in [-0.2, 0) is 7.05 Å². The van der Waals surface area contributed by atoms with Crippen molar-refractivity contribution in [1.29, 1.82) is 0 Å². The molecule has 1 aromatic heterocycles. The summed E-state index contributed by atoms with van der Waals surface area (Å²) in [4.78, 5) is 4.16. The van der Waals surface area contributed by atoms with E-state index in [4.69, 9.17) is 5.73 Å². The highest BCUT2D eigenvalue weighted by Gasteiger charge is 1.97. The summed E-state index contributed by atoms with van der Waals surface area (Å²) in [6.07, 6.45) is 1.78. The van der Waals surface area contributed by atoms with Crippen molar-refractivity contribution < 1.29 is 0 Å². The van der Waals surface area contributed by atoms with Gasteiger partial charge in [0.2, 0.25) is 0 Å². The van der Waals surface area contributed by atoms with Gasteiger partial charge in [-0.3, -0.25) is 0 Å². The number of nitrogens with two attached hydrogens (primary N) is 1. The molecule has 0 saturated heterocycles. The Labute approximate surface area is 78.2 Å². The van der Waals surface area contributed by atoms with Crippen LogP contribution in [0, 0.1) is 0 Å². The van der Waals surface area contributed by atoms with E-state index in [0.29, 0.717) is 0 Å². The van der Waals surface area contributed by atoms with Gasteiger partial charge in [0.1, 0.15) is 0 Å². The smallest absolute Gasteiger partial charge is 0.0955 e. The molecule has 0 atom stereocenters. The second-order valence-corrected chi connectivity index (χ2v) is 2.60. The average Bonchev–Trinajstić information content (AvgIpc) is 2.51. The molecule has 2 aromatic rings. The summed E-state index contributed by atoms with van der Waals surface area (Å²) < 4.78 is 1.97. The number of imidazole rings is 1. The first-order valence-corrected chi connectivity index (χ1v) is 4.44. The van der Waals surface area contributed by atoms with Crippen molar-refractivity contribution in [1.82, 2.24) is 9.55 Å². The zero-order chi connectivity index (χ0) is 9.84. The molecule has 3 nitrogen and oxygen atoms in total. The maximum atomic E-state index is 5.58.